The minimum absolute atomic E-state index is 0.321. The molecule has 2 aliphatic rings. The van der Waals surface area contributed by atoms with Gasteiger partial charge < -0.3 is 9.47 Å². The Bertz CT molecular complexity index is 1250. The Labute approximate surface area is 202 Å². The molecule has 0 saturated carbocycles. The van der Waals surface area contributed by atoms with Crippen LogP contribution in [0.2, 0.25) is 5.02 Å². The first kappa shape index (κ1) is 22.3. The molecule has 2 heterocycles. The van der Waals surface area contributed by atoms with E-state index in [4.69, 9.17) is 25.9 Å². The highest BCUT2D eigenvalue weighted by molar-refractivity contribution is 6.30. The molecule has 0 aliphatic carbocycles. The number of methoxy groups -OCH3 is 2. The number of hydroxylamine groups is 1. The number of ether oxygens (including phenoxy) is 2. The van der Waals surface area contributed by atoms with E-state index in [1.165, 1.54) is 4.90 Å². The second kappa shape index (κ2) is 8.66. The van der Waals surface area contributed by atoms with Crippen molar-refractivity contribution in [3.05, 3.63) is 82.9 Å². The van der Waals surface area contributed by atoms with Gasteiger partial charge in [0.1, 0.15) is 17.4 Å². The second-order valence-electron chi connectivity index (χ2n) is 8.25. The van der Waals surface area contributed by atoms with Gasteiger partial charge >= 0.3 is 0 Å². The zero-order valence-electron chi connectivity index (χ0n) is 18.9. The molecule has 0 N–H and O–H groups in total. The van der Waals surface area contributed by atoms with Crippen molar-refractivity contribution in [3.63, 3.8) is 0 Å². The fraction of sp³-hybridized carbons (Fsp3) is 0.231. The first-order valence-electron chi connectivity index (χ1n) is 10.8. The summed E-state index contributed by atoms with van der Waals surface area (Å²) in [4.78, 5) is 34.6. The Morgan fingerprint density at radius 2 is 1.53 bits per heavy atom. The van der Waals surface area contributed by atoms with E-state index in [1.54, 1.807) is 67.8 Å². The van der Waals surface area contributed by atoms with Crippen molar-refractivity contribution in [2.45, 2.75) is 19.1 Å². The van der Waals surface area contributed by atoms with Crippen molar-refractivity contribution in [1.82, 2.24) is 0 Å². The lowest BCUT2D eigenvalue weighted by atomic mass is 9.90. The van der Waals surface area contributed by atoms with Crippen molar-refractivity contribution < 1.29 is 23.9 Å². The highest BCUT2D eigenvalue weighted by Crippen LogP contribution is 2.50. The second-order valence-corrected chi connectivity index (χ2v) is 8.69. The molecule has 0 spiro atoms. The van der Waals surface area contributed by atoms with Gasteiger partial charge in [-0.05, 0) is 55.5 Å². The molecule has 5 rings (SSSR count). The van der Waals surface area contributed by atoms with E-state index in [-0.39, 0.29) is 5.91 Å². The summed E-state index contributed by atoms with van der Waals surface area (Å²) in [6, 6.07) is 19.1. The third kappa shape index (κ3) is 3.57. The van der Waals surface area contributed by atoms with Crippen molar-refractivity contribution in [2.24, 2.45) is 5.92 Å². The van der Waals surface area contributed by atoms with E-state index in [9.17, 15) is 9.59 Å². The summed E-state index contributed by atoms with van der Waals surface area (Å²) in [7, 11) is 3.13. The topological polar surface area (TPSA) is 68.3 Å². The third-order valence-corrected chi connectivity index (χ3v) is 6.50. The molecule has 0 unspecified atom stereocenters. The maximum Gasteiger partial charge on any atom is 0.266 e. The van der Waals surface area contributed by atoms with Crippen LogP contribution in [0.1, 0.15) is 17.2 Å². The van der Waals surface area contributed by atoms with Crippen LogP contribution >= 0.6 is 11.6 Å². The number of carbonyl (C=O) groups excluding carboxylic acids is 2. The highest BCUT2D eigenvalue weighted by atomic mass is 35.5. The lowest BCUT2D eigenvalue weighted by Gasteiger charge is -2.29. The van der Waals surface area contributed by atoms with Crippen molar-refractivity contribution in [3.8, 4) is 11.5 Å². The van der Waals surface area contributed by atoms with Crippen molar-refractivity contribution >= 4 is 34.8 Å². The quantitative estimate of drug-likeness (QED) is 0.494. The molecule has 8 heteroatoms. The standard InChI is InChI=1S/C26H23ClN2O5/c1-15-4-8-17(9-5-15)28-25(30)22-23(20-13-12-19(32-2)14-21(20)33-3)29(34-24(22)26(28)31)18-10-6-16(27)7-11-18/h4-14,22-24H,1-3H3/t22-,23+,24-/m1/s1. The fourth-order valence-corrected chi connectivity index (χ4v) is 4.68. The number of halogens is 1. The normalized spacial score (nSPS) is 21.7. The van der Waals surface area contributed by atoms with Crippen molar-refractivity contribution in [2.75, 3.05) is 24.2 Å². The molecule has 2 amide bonds. The Hall–Kier alpha value is -3.55. The molecule has 2 saturated heterocycles. The van der Waals surface area contributed by atoms with Crippen LogP contribution in [0.4, 0.5) is 11.4 Å². The van der Waals surface area contributed by atoms with Gasteiger partial charge in [0.25, 0.3) is 5.91 Å². The van der Waals surface area contributed by atoms with Crippen LogP contribution in [0.25, 0.3) is 0 Å². The first-order valence-corrected chi connectivity index (χ1v) is 11.2. The number of nitrogens with zero attached hydrogens (tertiary/aromatic N) is 2. The molecule has 3 atom stereocenters. The van der Waals surface area contributed by atoms with E-state index in [0.717, 1.165) is 5.56 Å². The molecule has 0 radical (unpaired) electrons. The molecule has 174 valence electrons. The zero-order chi connectivity index (χ0) is 24.0. The zero-order valence-corrected chi connectivity index (χ0v) is 19.7. The van der Waals surface area contributed by atoms with E-state index >= 15 is 0 Å². The van der Waals surface area contributed by atoms with Gasteiger partial charge in [0, 0.05) is 16.7 Å². The molecular weight excluding hydrogens is 456 g/mol. The maximum absolute atomic E-state index is 13.7. The molecule has 34 heavy (non-hydrogen) atoms. The molecule has 3 aromatic carbocycles. The average Bonchev–Trinajstić information content (AvgIpc) is 3.35. The number of hydrogen-bond acceptors (Lipinski definition) is 6. The Morgan fingerprint density at radius 1 is 0.853 bits per heavy atom. The summed E-state index contributed by atoms with van der Waals surface area (Å²) < 4.78 is 11.0. The van der Waals surface area contributed by atoms with Gasteiger partial charge in [-0.15, -0.1) is 0 Å². The van der Waals surface area contributed by atoms with Crippen LogP contribution in [-0.4, -0.2) is 32.1 Å². The summed E-state index contributed by atoms with van der Waals surface area (Å²) in [5, 5.41) is 2.18. The Balaban J connectivity index is 1.62. The number of amides is 2. The van der Waals surface area contributed by atoms with E-state index < -0.39 is 24.0 Å². The number of aryl methyl sites for hydroxylation is 1. The molecular formula is C26H23ClN2O5. The summed E-state index contributed by atoms with van der Waals surface area (Å²) in [5.41, 5.74) is 2.94. The van der Waals surface area contributed by atoms with Crippen LogP contribution in [0.3, 0.4) is 0 Å². The highest BCUT2D eigenvalue weighted by Gasteiger charge is 2.60. The van der Waals surface area contributed by atoms with Gasteiger partial charge in [0.05, 0.1) is 31.6 Å². The first-order chi connectivity index (χ1) is 16.4. The van der Waals surface area contributed by atoms with Gasteiger partial charge in [0.15, 0.2) is 6.10 Å². The average molecular weight is 479 g/mol. The molecule has 0 aromatic heterocycles. The molecule has 3 aromatic rings. The summed E-state index contributed by atoms with van der Waals surface area (Å²) in [6.45, 7) is 1.95. The van der Waals surface area contributed by atoms with E-state index in [1.807, 2.05) is 25.1 Å². The van der Waals surface area contributed by atoms with Crippen molar-refractivity contribution in [1.29, 1.82) is 0 Å². The number of benzene rings is 3. The fourth-order valence-electron chi connectivity index (χ4n) is 4.55. The van der Waals surface area contributed by atoms with Gasteiger partial charge in [-0.1, -0.05) is 29.3 Å². The lowest BCUT2D eigenvalue weighted by Crippen LogP contribution is -2.37. The number of fused-ring (bicyclic) bond motifs is 1. The predicted octanol–water partition coefficient (Wildman–Crippen LogP) is 4.72. The minimum atomic E-state index is -0.971. The summed E-state index contributed by atoms with van der Waals surface area (Å²) >= 11 is 6.08. The molecule has 7 nitrogen and oxygen atoms in total. The van der Waals surface area contributed by atoms with Gasteiger partial charge in [-0.2, -0.15) is 0 Å². The van der Waals surface area contributed by atoms with Gasteiger partial charge in [0.2, 0.25) is 5.91 Å². The van der Waals surface area contributed by atoms with Crippen LogP contribution in [-0.2, 0) is 14.4 Å². The number of rotatable bonds is 5. The molecule has 2 fully saturated rings. The Kier molecular flexibility index (Phi) is 5.67. The SMILES string of the molecule is COc1ccc([C@H]2[C@H]3C(=O)N(c4ccc(C)cc4)C(=O)[C@@H]3ON2c2ccc(Cl)cc2)c(OC)c1. The maximum atomic E-state index is 13.7. The monoisotopic (exact) mass is 478 g/mol. The largest absolute Gasteiger partial charge is 0.497 e. The van der Waals surface area contributed by atoms with Crippen LogP contribution < -0.4 is 19.4 Å². The van der Waals surface area contributed by atoms with E-state index in [2.05, 4.69) is 0 Å². The predicted molar refractivity (Wildman–Crippen MR) is 128 cm³/mol. The minimum Gasteiger partial charge on any atom is -0.497 e. The van der Waals surface area contributed by atoms with Crippen LogP contribution in [0.15, 0.2) is 66.7 Å². The van der Waals surface area contributed by atoms with Gasteiger partial charge in [-0.25, -0.2) is 9.96 Å². The number of anilines is 2. The number of imide groups is 1. The summed E-state index contributed by atoms with van der Waals surface area (Å²) in [6.07, 6.45) is -0.971. The lowest BCUT2D eigenvalue weighted by molar-refractivity contribution is -0.126. The molecule has 2 aliphatic heterocycles. The third-order valence-electron chi connectivity index (χ3n) is 6.25. The van der Waals surface area contributed by atoms with E-state index in [0.29, 0.717) is 33.5 Å². The summed E-state index contributed by atoms with van der Waals surface area (Å²) in [5.74, 6) is -0.344. The van der Waals surface area contributed by atoms with Crippen LogP contribution in [0, 0.1) is 12.8 Å². The number of hydrogen-bond donors (Lipinski definition) is 0. The number of carbonyl (C=O) groups is 2. The smallest absolute Gasteiger partial charge is 0.266 e. The Morgan fingerprint density at radius 3 is 2.18 bits per heavy atom. The van der Waals surface area contributed by atoms with Gasteiger partial charge in [-0.3, -0.25) is 14.4 Å². The van der Waals surface area contributed by atoms with Crippen LogP contribution in [0.5, 0.6) is 11.5 Å². The molecule has 0 bridgehead atoms.